The highest BCUT2D eigenvalue weighted by molar-refractivity contribution is 5.81. The average Bonchev–Trinajstić information content (AvgIpc) is 2.45. The Labute approximate surface area is 127 Å². The molecule has 0 aromatic rings. The van der Waals surface area contributed by atoms with Gasteiger partial charge in [-0.15, -0.1) is 0 Å². The van der Waals surface area contributed by atoms with E-state index in [0.29, 0.717) is 19.7 Å². The lowest BCUT2D eigenvalue weighted by atomic mass is 10.0. The van der Waals surface area contributed by atoms with Crippen LogP contribution in [0.15, 0.2) is 12.2 Å². The average molecular weight is 296 g/mol. The molecule has 0 aliphatic carbocycles. The van der Waals surface area contributed by atoms with Gasteiger partial charge in [-0.1, -0.05) is 18.6 Å². The molecule has 0 aromatic carbocycles. The normalized spacial score (nSPS) is 19.1. The van der Waals surface area contributed by atoms with Gasteiger partial charge in [-0.25, -0.2) is 0 Å². The van der Waals surface area contributed by atoms with Gasteiger partial charge in [0.15, 0.2) is 0 Å². The summed E-state index contributed by atoms with van der Waals surface area (Å²) in [5, 5.41) is 0. The van der Waals surface area contributed by atoms with E-state index in [-0.39, 0.29) is 24.5 Å². The standard InChI is InChI=1S/C16H28N2O3/c1-5-17(11-13(3)4)15(19)12-18-10-8-7-9-14(18)16(20)21-6-2/h14H,3,5-12H2,1-2,4H3. The number of nitrogens with zero attached hydrogens (tertiary/aromatic N) is 2. The van der Waals surface area contributed by atoms with Crippen LogP contribution in [0, 0.1) is 0 Å². The number of esters is 1. The van der Waals surface area contributed by atoms with Crippen LogP contribution in [-0.2, 0) is 14.3 Å². The van der Waals surface area contributed by atoms with Gasteiger partial charge in [0.05, 0.1) is 13.2 Å². The second-order valence-corrected chi connectivity index (χ2v) is 5.60. The number of carbonyl (C=O) groups is 2. The van der Waals surface area contributed by atoms with Crippen LogP contribution in [0.25, 0.3) is 0 Å². The van der Waals surface area contributed by atoms with E-state index < -0.39 is 0 Å². The van der Waals surface area contributed by atoms with Gasteiger partial charge in [0.1, 0.15) is 6.04 Å². The number of piperidine rings is 1. The molecule has 1 fully saturated rings. The third-order valence-electron chi connectivity index (χ3n) is 3.71. The Hall–Kier alpha value is -1.36. The summed E-state index contributed by atoms with van der Waals surface area (Å²) in [7, 11) is 0. The maximum absolute atomic E-state index is 12.4. The van der Waals surface area contributed by atoms with E-state index in [2.05, 4.69) is 6.58 Å². The van der Waals surface area contributed by atoms with Crippen molar-refractivity contribution in [1.29, 1.82) is 0 Å². The van der Waals surface area contributed by atoms with E-state index >= 15 is 0 Å². The van der Waals surface area contributed by atoms with Crippen molar-refractivity contribution in [1.82, 2.24) is 9.80 Å². The summed E-state index contributed by atoms with van der Waals surface area (Å²) in [5.41, 5.74) is 0.964. The minimum absolute atomic E-state index is 0.0525. The second kappa shape index (κ2) is 8.82. The Kier molecular flexibility index (Phi) is 7.43. The van der Waals surface area contributed by atoms with Gasteiger partial charge in [0.2, 0.25) is 5.91 Å². The van der Waals surface area contributed by atoms with Crippen LogP contribution >= 0.6 is 0 Å². The zero-order valence-corrected chi connectivity index (χ0v) is 13.6. The molecular weight excluding hydrogens is 268 g/mol. The molecule has 0 bridgehead atoms. The molecule has 1 unspecified atom stereocenters. The van der Waals surface area contributed by atoms with Crippen molar-refractivity contribution >= 4 is 11.9 Å². The van der Waals surface area contributed by atoms with Crippen molar-refractivity contribution in [2.75, 3.05) is 32.8 Å². The fourth-order valence-corrected chi connectivity index (χ4v) is 2.66. The lowest BCUT2D eigenvalue weighted by Gasteiger charge is -2.34. The van der Waals surface area contributed by atoms with Crippen LogP contribution in [0.4, 0.5) is 0 Å². The second-order valence-electron chi connectivity index (χ2n) is 5.60. The molecule has 1 saturated heterocycles. The fourth-order valence-electron chi connectivity index (χ4n) is 2.66. The van der Waals surface area contributed by atoms with Crippen LogP contribution in [0.5, 0.6) is 0 Å². The van der Waals surface area contributed by atoms with Crippen LogP contribution < -0.4 is 0 Å². The maximum Gasteiger partial charge on any atom is 0.323 e. The topological polar surface area (TPSA) is 49.9 Å². The number of carbonyl (C=O) groups excluding carboxylic acids is 2. The molecule has 0 aromatic heterocycles. The predicted octanol–water partition coefficient (Wildman–Crippen LogP) is 1.83. The number of hydrogen-bond acceptors (Lipinski definition) is 4. The largest absolute Gasteiger partial charge is 0.465 e. The molecular formula is C16H28N2O3. The number of likely N-dealkylation sites (N-methyl/N-ethyl adjacent to an activating group) is 1. The van der Waals surface area contributed by atoms with Crippen LogP contribution in [0.2, 0.25) is 0 Å². The molecule has 1 rings (SSSR count). The van der Waals surface area contributed by atoms with Crippen molar-refractivity contribution in [3.63, 3.8) is 0 Å². The molecule has 1 aliphatic rings. The number of likely N-dealkylation sites (tertiary alicyclic amines) is 1. The highest BCUT2D eigenvalue weighted by Gasteiger charge is 2.31. The maximum atomic E-state index is 12.4. The Bertz CT molecular complexity index is 382. The predicted molar refractivity (Wildman–Crippen MR) is 82.9 cm³/mol. The number of rotatable bonds is 7. The van der Waals surface area contributed by atoms with Crippen molar-refractivity contribution < 1.29 is 14.3 Å². The van der Waals surface area contributed by atoms with Gasteiger partial charge in [-0.2, -0.15) is 0 Å². The van der Waals surface area contributed by atoms with Gasteiger partial charge in [0.25, 0.3) is 0 Å². The molecule has 5 heteroatoms. The third-order valence-corrected chi connectivity index (χ3v) is 3.71. The minimum Gasteiger partial charge on any atom is -0.465 e. The van der Waals surface area contributed by atoms with Gasteiger partial charge in [-0.05, 0) is 40.2 Å². The Morgan fingerprint density at radius 2 is 2.05 bits per heavy atom. The Balaban J connectivity index is 2.65. The molecule has 0 radical (unpaired) electrons. The zero-order chi connectivity index (χ0) is 15.8. The van der Waals surface area contributed by atoms with Crippen molar-refractivity contribution in [2.24, 2.45) is 0 Å². The molecule has 0 saturated carbocycles. The first-order chi connectivity index (χ1) is 9.99. The SMILES string of the molecule is C=C(C)CN(CC)C(=O)CN1CCCCC1C(=O)OCC. The van der Waals surface area contributed by atoms with E-state index in [4.69, 9.17) is 4.74 Å². The summed E-state index contributed by atoms with van der Waals surface area (Å²) in [5.74, 6) is -0.148. The number of amides is 1. The number of ether oxygens (including phenoxy) is 1. The molecule has 21 heavy (non-hydrogen) atoms. The molecule has 120 valence electrons. The highest BCUT2D eigenvalue weighted by Crippen LogP contribution is 2.18. The lowest BCUT2D eigenvalue weighted by Crippen LogP contribution is -2.50. The fraction of sp³-hybridized carbons (Fsp3) is 0.750. The summed E-state index contributed by atoms with van der Waals surface area (Å²) in [6.07, 6.45) is 2.81. The smallest absolute Gasteiger partial charge is 0.323 e. The molecule has 0 spiro atoms. The van der Waals surface area contributed by atoms with Crippen molar-refractivity contribution in [3.05, 3.63) is 12.2 Å². The van der Waals surface area contributed by atoms with Gasteiger partial charge < -0.3 is 9.64 Å². The first-order valence-corrected chi connectivity index (χ1v) is 7.82. The molecule has 1 aliphatic heterocycles. The summed E-state index contributed by atoms with van der Waals surface area (Å²) >= 11 is 0. The van der Waals surface area contributed by atoms with Crippen LogP contribution in [0.1, 0.15) is 40.0 Å². The summed E-state index contributed by atoms with van der Waals surface area (Å²) in [6, 6.07) is -0.272. The van der Waals surface area contributed by atoms with Gasteiger partial charge in [0, 0.05) is 13.1 Å². The highest BCUT2D eigenvalue weighted by atomic mass is 16.5. The van der Waals surface area contributed by atoms with E-state index in [9.17, 15) is 9.59 Å². The summed E-state index contributed by atoms with van der Waals surface area (Å²) < 4.78 is 5.12. The molecule has 1 atom stereocenters. The van der Waals surface area contributed by atoms with Crippen molar-refractivity contribution in [3.8, 4) is 0 Å². The quantitative estimate of drug-likeness (QED) is 0.531. The van der Waals surface area contributed by atoms with Crippen LogP contribution in [-0.4, -0.2) is 60.5 Å². The molecule has 5 nitrogen and oxygen atoms in total. The van der Waals surface area contributed by atoms with Gasteiger partial charge >= 0.3 is 5.97 Å². The molecule has 0 N–H and O–H groups in total. The summed E-state index contributed by atoms with van der Waals surface area (Å²) in [6.45, 7) is 12.2. The molecule has 1 heterocycles. The van der Waals surface area contributed by atoms with E-state index in [1.165, 1.54) is 0 Å². The van der Waals surface area contributed by atoms with Gasteiger partial charge in [-0.3, -0.25) is 14.5 Å². The Morgan fingerprint density at radius 1 is 1.33 bits per heavy atom. The summed E-state index contributed by atoms with van der Waals surface area (Å²) in [4.78, 5) is 28.1. The molecule has 1 amide bonds. The monoisotopic (exact) mass is 296 g/mol. The Morgan fingerprint density at radius 3 is 2.62 bits per heavy atom. The van der Waals surface area contributed by atoms with E-state index in [1.54, 1.807) is 4.90 Å². The minimum atomic E-state index is -0.272. The lowest BCUT2D eigenvalue weighted by molar-refractivity contribution is -0.152. The van der Waals surface area contributed by atoms with Crippen molar-refractivity contribution in [2.45, 2.75) is 46.1 Å². The van der Waals surface area contributed by atoms with E-state index in [1.807, 2.05) is 25.7 Å². The first kappa shape index (κ1) is 17.7. The zero-order valence-electron chi connectivity index (χ0n) is 13.6. The third kappa shape index (κ3) is 5.50. The van der Waals surface area contributed by atoms with E-state index in [0.717, 1.165) is 31.4 Å². The number of hydrogen-bond donors (Lipinski definition) is 0. The van der Waals surface area contributed by atoms with Crippen LogP contribution in [0.3, 0.4) is 0 Å². The first-order valence-electron chi connectivity index (χ1n) is 7.82.